The van der Waals surface area contributed by atoms with Crippen molar-refractivity contribution >= 4 is 21.6 Å². The lowest BCUT2D eigenvalue weighted by Gasteiger charge is -2.18. The Balaban J connectivity index is 2.21. The zero-order chi connectivity index (χ0) is 15.4. The lowest BCUT2D eigenvalue weighted by molar-refractivity contribution is 0.354. The molecule has 0 aromatic heterocycles. The van der Waals surface area contributed by atoms with Gasteiger partial charge in [0.1, 0.15) is 0 Å². The van der Waals surface area contributed by atoms with Gasteiger partial charge in [0.05, 0.1) is 14.2 Å². The molecule has 2 rings (SSSR count). The minimum absolute atomic E-state index is 0.156. The highest BCUT2D eigenvalue weighted by atomic mass is 79.9. The van der Waals surface area contributed by atoms with E-state index in [4.69, 9.17) is 9.47 Å². The Morgan fingerprint density at radius 2 is 1.71 bits per heavy atom. The van der Waals surface area contributed by atoms with Crippen molar-refractivity contribution in [3.8, 4) is 11.5 Å². The molecule has 0 heterocycles. The second kappa shape index (κ2) is 6.85. The number of anilines is 1. The fourth-order valence-corrected chi connectivity index (χ4v) is 2.78. The van der Waals surface area contributed by atoms with Crippen molar-refractivity contribution in [1.29, 1.82) is 0 Å². The van der Waals surface area contributed by atoms with Gasteiger partial charge in [0.15, 0.2) is 11.5 Å². The van der Waals surface area contributed by atoms with Crippen LogP contribution in [0.4, 0.5) is 5.69 Å². The molecule has 0 amide bonds. The first kappa shape index (κ1) is 15.7. The summed E-state index contributed by atoms with van der Waals surface area (Å²) in [5.41, 5.74) is 3.44. The third-order valence-electron chi connectivity index (χ3n) is 3.40. The lowest BCUT2D eigenvalue weighted by Crippen LogP contribution is -2.07. The molecule has 1 unspecified atom stereocenters. The first-order valence-electron chi connectivity index (χ1n) is 6.79. The summed E-state index contributed by atoms with van der Waals surface area (Å²) in [4.78, 5) is 0. The quantitative estimate of drug-likeness (QED) is 0.828. The smallest absolute Gasteiger partial charge is 0.161 e. The van der Waals surface area contributed by atoms with E-state index in [-0.39, 0.29) is 6.04 Å². The van der Waals surface area contributed by atoms with E-state index in [1.807, 2.05) is 18.2 Å². The summed E-state index contributed by atoms with van der Waals surface area (Å²) >= 11 is 3.59. The van der Waals surface area contributed by atoms with Gasteiger partial charge in [-0.1, -0.05) is 12.1 Å². The van der Waals surface area contributed by atoms with Crippen LogP contribution in [-0.2, 0) is 0 Å². The molecule has 112 valence electrons. The van der Waals surface area contributed by atoms with Gasteiger partial charge in [0.2, 0.25) is 0 Å². The molecule has 1 atom stereocenters. The van der Waals surface area contributed by atoms with Gasteiger partial charge >= 0.3 is 0 Å². The number of aryl methyl sites for hydroxylation is 1. The molecule has 4 heteroatoms. The summed E-state index contributed by atoms with van der Waals surface area (Å²) in [6, 6.07) is 12.4. The van der Waals surface area contributed by atoms with Crippen LogP contribution in [0, 0.1) is 6.92 Å². The number of benzene rings is 2. The molecule has 0 aliphatic rings. The van der Waals surface area contributed by atoms with Crippen molar-refractivity contribution < 1.29 is 9.47 Å². The zero-order valence-electron chi connectivity index (χ0n) is 12.7. The average molecular weight is 350 g/mol. The number of methoxy groups -OCH3 is 2. The normalized spacial score (nSPS) is 11.9. The zero-order valence-corrected chi connectivity index (χ0v) is 14.3. The Labute approximate surface area is 134 Å². The second-order valence-electron chi connectivity index (χ2n) is 4.96. The van der Waals surface area contributed by atoms with Crippen molar-refractivity contribution in [2.45, 2.75) is 19.9 Å². The first-order chi connectivity index (χ1) is 10.0. The number of rotatable bonds is 5. The van der Waals surface area contributed by atoms with Gasteiger partial charge < -0.3 is 14.8 Å². The summed E-state index contributed by atoms with van der Waals surface area (Å²) in [5.74, 6) is 1.48. The lowest BCUT2D eigenvalue weighted by atomic mass is 10.1. The van der Waals surface area contributed by atoms with Crippen LogP contribution in [0.5, 0.6) is 11.5 Å². The van der Waals surface area contributed by atoms with Gasteiger partial charge in [0.25, 0.3) is 0 Å². The molecule has 0 aliphatic carbocycles. The van der Waals surface area contributed by atoms with Crippen molar-refractivity contribution in [2.75, 3.05) is 19.5 Å². The molecule has 2 aromatic rings. The van der Waals surface area contributed by atoms with Crippen LogP contribution in [-0.4, -0.2) is 14.2 Å². The number of ether oxygens (including phenoxy) is 2. The number of hydrogen-bond acceptors (Lipinski definition) is 3. The molecule has 0 bridgehead atoms. The highest BCUT2D eigenvalue weighted by Gasteiger charge is 2.11. The fourth-order valence-electron chi connectivity index (χ4n) is 2.18. The topological polar surface area (TPSA) is 30.5 Å². The minimum atomic E-state index is 0.156. The van der Waals surface area contributed by atoms with Crippen LogP contribution in [0.25, 0.3) is 0 Å². The predicted octanol–water partition coefficient (Wildman–Crippen LogP) is 4.95. The maximum absolute atomic E-state index is 5.35. The highest BCUT2D eigenvalue weighted by molar-refractivity contribution is 9.10. The van der Waals surface area contributed by atoms with Crippen LogP contribution in [0.2, 0.25) is 0 Å². The molecule has 3 nitrogen and oxygen atoms in total. The van der Waals surface area contributed by atoms with Gasteiger partial charge in [-0.05, 0) is 65.2 Å². The van der Waals surface area contributed by atoms with Gasteiger partial charge in [-0.3, -0.25) is 0 Å². The maximum atomic E-state index is 5.35. The van der Waals surface area contributed by atoms with Gasteiger partial charge in [0, 0.05) is 16.2 Å². The van der Waals surface area contributed by atoms with Crippen LogP contribution >= 0.6 is 15.9 Å². The largest absolute Gasteiger partial charge is 0.493 e. The van der Waals surface area contributed by atoms with Crippen LogP contribution < -0.4 is 14.8 Å². The molecule has 0 fully saturated rings. The molecule has 0 saturated carbocycles. The summed E-state index contributed by atoms with van der Waals surface area (Å²) < 4.78 is 11.7. The van der Waals surface area contributed by atoms with Crippen LogP contribution in [0.3, 0.4) is 0 Å². The summed E-state index contributed by atoms with van der Waals surface area (Å²) in [5, 5.41) is 3.50. The van der Waals surface area contributed by atoms with Crippen molar-refractivity contribution in [3.63, 3.8) is 0 Å². The van der Waals surface area contributed by atoms with Crippen molar-refractivity contribution in [1.82, 2.24) is 0 Å². The SMILES string of the molecule is COc1ccc(C(C)Nc2ccc(C)cc2Br)cc1OC. The molecule has 0 spiro atoms. The van der Waals surface area contributed by atoms with E-state index in [2.05, 4.69) is 53.3 Å². The fraction of sp³-hybridized carbons (Fsp3) is 0.294. The van der Waals surface area contributed by atoms with Gasteiger partial charge in [-0.15, -0.1) is 0 Å². The molecule has 21 heavy (non-hydrogen) atoms. The van der Waals surface area contributed by atoms with Gasteiger partial charge in [-0.2, -0.15) is 0 Å². The first-order valence-corrected chi connectivity index (χ1v) is 7.59. The van der Waals surface area contributed by atoms with E-state index < -0.39 is 0 Å². The van der Waals surface area contributed by atoms with E-state index in [9.17, 15) is 0 Å². The standard InChI is InChI=1S/C17H20BrNO2/c1-11-5-7-15(14(18)9-11)19-12(2)13-6-8-16(20-3)17(10-13)21-4/h5-10,12,19H,1-4H3. The molecule has 2 aromatic carbocycles. The molecule has 0 aliphatic heterocycles. The Morgan fingerprint density at radius 1 is 1.00 bits per heavy atom. The highest BCUT2D eigenvalue weighted by Crippen LogP contribution is 2.32. The third kappa shape index (κ3) is 3.70. The Kier molecular flexibility index (Phi) is 5.12. The molecule has 0 radical (unpaired) electrons. The third-order valence-corrected chi connectivity index (χ3v) is 4.06. The maximum Gasteiger partial charge on any atom is 0.161 e. The van der Waals surface area contributed by atoms with E-state index in [1.165, 1.54) is 5.56 Å². The minimum Gasteiger partial charge on any atom is -0.493 e. The van der Waals surface area contributed by atoms with Crippen LogP contribution in [0.15, 0.2) is 40.9 Å². The number of halogens is 1. The Hall–Kier alpha value is -1.68. The van der Waals surface area contributed by atoms with Crippen molar-refractivity contribution in [3.05, 3.63) is 52.0 Å². The van der Waals surface area contributed by atoms with E-state index in [0.29, 0.717) is 0 Å². The second-order valence-corrected chi connectivity index (χ2v) is 5.82. The molecular weight excluding hydrogens is 330 g/mol. The number of hydrogen-bond donors (Lipinski definition) is 1. The van der Waals surface area contributed by atoms with E-state index in [0.717, 1.165) is 27.2 Å². The predicted molar refractivity (Wildman–Crippen MR) is 90.5 cm³/mol. The van der Waals surface area contributed by atoms with Crippen molar-refractivity contribution in [2.24, 2.45) is 0 Å². The molecular formula is C17H20BrNO2. The van der Waals surface area contributed by atoms with Gasteiger partial charge in [-0.25, -0.2) is 0 Å². The molecule has 0 saturated heterocycles. The monoisotopic (exact) mass is 349 g/mol. The Morgan fingerprint density at radius 3 is 2.33 bits per heavy atom. The summed E-state index contributed by atoms with van der Waals surface area (Å²) in [6.07, 6.45) is 0. The summed E-state index contributed by atoms with van der Waals surface area (Å²) in [7, 11) is 3.29. The summed E-state index contributed by atoms with van der Waals surface area (Å²) in [6.45, 7) is 4.19. The Bertz CT molecular complexity index is 628. The van der Waals surface area contributed by atoms with E-state index >= 15 is 0 Å². The molecule has 1 N–H and O–H groups in total. The number of nitrogens with one attached hydrogen (secondary N) is 1. The van der Waals surface area contributed by atoms with Crippen LogP contribution in [0.1, 0.15) is 24.1 Å². The average Bonchev–Trinajstić information content (AvgIpc) is 2.49. The van der Waals surface area contributed by atoms with E-state index in [1.54, 1.807) is 14.2 Å².